The number of nitrogens with one attached hydrogen (secondary N) is 2. The predicted molar refractivity (Wildman–Crippen MR) is 78.5 cm³/mol. The van der Waals surface area contributed by atoms with Crippen LogP contribution in [-0.2, 0) is 4.79 Å². The number of rotatable bonds is 6. The van der Waals surface area contributed by atoms with Crippen molar-refractivity contribution >= 4 is 29.2 Å². The maximum atomic E-state index is 11.9. The van der Waals surface area contributed by atoms with Crippen molar-refractivity contribution in [3.8, 4) is 0 Å². The number of aromatic nitrogens is 1. The third-order valence-corrected chi connectivity index (χ3v) is 2.77. The SMILES string of the molecule is CC(C)CNC(=O)CCNC(=O)c1cc(N)ncc1Cl. The average Bonchev–Trinajstić information content (AvgIpc) is 2.39. The first kappa shape index (κ1) is 16.2. The summed E-state index contributed by atoms with van der Waals surface area (Å²) >= 11 is 5.86. The predicted octanol–water partition coefficient (Wildman–Crippen LogP) is 1.21. The quantitative estimate of drug-likeness (QED) is 0.735. The molecule has 0 unspecified atom stereocenters. The second-order valence-corrected chi connectivity index (χ2v) is 5.20. The van der Waals surface area contributed by atoms with E-state index >= 15 is 0 Å². The number of nitrogens with two attached hydrogens (primary N) is 1. The molecule has 0 spiro atoms. The van der Waals surface area contributed by atoms with Crippen molar-refractivity contribution in [1.29, 1.82) is 0 Å². The van der Waals surface area contributed by atoms with Crippen LogP contribution >= 0.6 is 11.6 Å². The third kappa shape index (κ3) is 5.44. The van der Waals surface area contributed by atoms with Crippen molar-refractivity contribution in [1.82, 2.24) is 15.6 Å². The molecule has 7 heteroatoms. The van der Waals surface area contributed by atoms with E-state index in [4.69, 9.17) is 17.3 Å². The van der Waals surface area contributed by atoms with Crippen LogP contribution < -0.4 is 16.4 Å². The lowest BCUT2D eigenvalue weighted by molar-refractivity contribution is -0.121. The zero-order valence-corrected chi connectivity index (χ0v) is 12.3. The monoisotopic (exact) mass is 298 g/mol. The third-order valence-electron chi connectivity index (χ3n) is 2.47. The van der Waals surface area contributed by atoms with E-state index in [-0.39, 0.29) is 41.2 Å². The molecule has 0 aliphatic carbocycles. The molecule has 0 saturated carbocycles. The summed E-state index contributed by atoms with van der Waals surface area (Å²) in [4.78, 5) is 27.1. The number of anilines is 1. The van der Waals surface area contributed by atoms with Gasteiger partial charge < -0.3 is 16.4 Å². The van der Waals surface area contributed by atoms with Crippen molar-refractivity contribution in [3.05, 3.63) is 22.8 Å². The molecule has 0 aliphatic heterocycles. The van der Waals surface area contributed by atoms with Gasteiger partial charge in [0.1, 0.15) is 5.82 Å². The van der Waals surface area contributed by atoms with Crippen LogP contribution in [0, 0.1) is 5.92 Å². The van der Waals surface area contributed by atoms with E-state index in [0.717, 1.165) is 0 Å². The van der Waals surface area contributed by atoms with Gasteiger partial charge in [0.05, 0.1) is 10.6 Å². The number of carbonyl (C=O) groups is 2. The molecule has 4 N–H and O–H groups in total. The molecule has 0 bridgehead atoms. The Kier molecular flexibility index (Phi) is 6.24. The van der Waals surface area contributed by atoms with Gasteiger partial charge in [-0.05, 0) is 12.0 Å². The van der Waals surface area contributed by atoms with Crippen molar-refractivity contribution in [2.45, 2.75) is 20.3 Å². The van der Waals surface area contributed by atoms with Crippen molar-refractivity contribution in [2.75, 3.05) is 18.8 Å². The summed E-state index contributed by atoms with van der Waals surface area (Å²) in [5.41, 5.74) is 5.75. The standard InChI is InChI=1S/C13H19ClN4O2/c1-8(2)6-18-12(19)3-4-16-13(20)9-5-11(15)17-7-10(9)14/h5,7-8H,3-4,6H2,1-2H3,(H2,15,17)(H,16,20)(H,18,19). The van der Waals surface area contributed by atoms with E-state index in [1.807, 2.05) is 13.8 Å². The molecular weight excluding hydrogens is 280 g/mol. The molecular formula is C13H19ClN4O2. The Morgan fingerprint density at radius 2 is 2.10 bits per heavy atom. The van der Waals surface area contributed by atoms with E-state index in [1.165, 1.54) is 12.3 Å². The molecule has 1 aromatic rings. The van der Waals surface area contributed by atoms with Crippen LogP contribution in [0.25, 0.3) is 0 Å². The fourth-order valence-electron chi connectivity index (χ4n) is 1.42. The molecule has 0 aliphatic rings. The van der Waals surface area contributed by atoms with E-state index in [1.54, 1.807) is 0 Å². The molecule has 2 amide bonds. The Morgan fingerprint density at radius 3 is 2.75 bits per heavy atom. The zero-order valence-electron chi connectivity index (χ0n) is 11.6. The number of carbonyl (C=O) groups excluding carboxylic acids is 2. The highest BCUT2D eigenvalue weighted by Gasteiger charge is 2.11. The maximum Gasteiger partial charge on any atom is 0.253 e. The molecule has 1 aromatic heterocycles. The zero-order chi connectivity index (χ0) is 15.1. The summed E-state index contributed by atoms with van der Waals surface area (Å²) in [6.45, 7) is 4.89. The van der Waals surface area contributed by atoms with E-state index in [2.05, 4.69) is 15.6 Å². The smallest absolute Gasteiger partial charge is 0.253 e. The van der Waals surface area contributed by atoms with Gasteiger partial charge in [-0.2, -0.15) is 0 Å². The van der Waals surface area contributed by atoms with Gasteiger partial charge in [-0.25, -0.2) is 4.98 Å². The molecule has 0 fully saturated rings. The second kappa shape index (κ2) is 7.69. The lowest BCUT2D eigenvalue weighted by atomic mass is 10.2. The molecule has 6 nitrogen and oxygen atoms in total. The molecule has 0 radical (unpaired) electrons. The summed E-state index contributed by atoms with van der Waals surface area (Å²) < 4.78 is 0. The van der Waals surface area contributed by atoms with Gasteiger partial charge in [0.2, 0.25) is 5.91 Å². The number of pyridine rings is 1. The van der Waals surface area contributed by atoms with Gasteiger partial charge in [-0.1, -0.05) is 25.4 Å². The lowest BCUT2D eigenvalue weighted by Crippen LogP contribution is -2.32. The number of amides is 2. The minimum absolute atomic E-state index is 0.0978. The molecule has 0 atom stereocenters. The number of nitrogens with zero attached hydrogens (tertiary/aromatic N) is 1. The summed E-state index contributed by atoms with van der Waals surface area (Å²) in [6, 6.07) is 1.40. The second-order valence-electron chi connectivity index (χ2n) is 4.79. The Hall–Kier alpha value is -1.82. The lowest BCUT2D eigenvalue weighted by Gasteiger charge is -2.09. The number of halogens is 1. The van der Waals surface area contributed by atoms with Crippen molar-refractivity contribution < 1.29 is 9.59 Å². The van der Waals surface area contributed by atoms with Crippen LogP contribution in [0.3, 0.4) is 0 Å². The van der Waals surface area contributed by atoms with Gasteiger partial charge in [0, 0.05) is 25.7 Å². The van der Waals surface area contributed by atoms with Crippen molar-refractivity contribution in [3.63, 3.8) is 0 Å². The van der Waals surface area contributed by atoms with Crippen molar-refractivity contribution in [2.24, 2.45) is 5.92 Å². The Morgan fingerprint density at radius 1 is 1.40 bits per heavy atom. The molecule has 1 rings (SSSR count). The minimum atomic E-state index is -0.374. The largest absolute Gasteiger partial charge is 0.384 e. The van der Waals surface area contributed by atoms with Crippen LogP contribution in [0.5, 0.6) is 0 Å². The maximum absolute atomic E-state index is 11.9. The van der Waals surface area contributed by atoms with Gasteiger partial charge in [0.15, 0.2) is 0 Å². The first-order valence-corrected chi connectivity index (χ1v) is 6.74. The van der Waals surface area contributed by atoms with Crippen LogP contribution in [0.2, 0.25) is 5.02 Å². The molecule has 20 heavy (non-hydrogen) atoms. The normalized spacial score (nSPS) is 10.4. The highest BCUT2D eigenvalue weighted by Crippen LogP contribution is 2.16. The van der Waals surface area contributed by atoms with Crippen LogP contribution in [-0.4, -0.2) is 29.9 Å². The van der Waals surface area contributed by atoms with E-state index in [0.29, 0.717) is 12.5 Å². The highest BCUT2D eigenvalue weighted by molar-refractivity contribution is 6.33. The molecule has 0 saturated heterocycles. The minimum Gasteiger partial charge on any atom is -0.384 e. The van der Waals surface area contributed by atoms with Crippen LogP contribution in [0.4, 0.5) is 5.82 Å². The first-order valence-electron chi connectivity index (χ1n) is 6.36. The number of hydrogen-bond donors (Lipinski definition) is 3. The Balaban J connectivity index is 2.40. The Labute approximate surface area is 123 Å². The molecule has 1 heterocycles. The first-order chi connectivity index (χ1) is 9.40. The summed E-state index contributed by atoms with van der Waals surface area (Å²) in [5, 5.41) is 5.61. The molecule has 0 aromatic carbocycles. The van der Waals surface area contributed by atoms with E-state index < -0.39 is 0 Å². The summed E-state index contributed by atoms with van der Waals surface area (Å²) in [5.74, 6) is 0.140. The average molecular weight is 299 g/mol. The van der Waals surface area contributed by atoms with Crippen LogP contribution in [0.1, 0.15) is 30.6 Å². The Bertz CT molecular complexity index is 491. The van der Waals surface area contributed by atoms with Gasteiger partial charge >= 0.3 is 0 Å². The van der Waals surface area contributed by atoms with Crippen LogP contribution in [0.15, 0.2) is 12.3 Å². The topological polar surface area (TPSA) is 97.1 Å². The highest BCUT2D eigenvalue weighted by atomic mass is 35.5. The van der Waals surface area contributed by atoms with Gasteiger partial charge in [-0.3, -0.25) is 9.59 Å². The van der Waals surface area contributed by atoms with Gasteiger partial charge in [0.25, 0.3) is 5.91 Å². The number of hydrogen-bond acceptors (Lipinski definition) is 4. The van der Waals surface area contributed by atoms with Gasteiger partial charge in [-0.15, -0.1) is 0 Å². The fraction of sp³-hybridized carbons (Fsp3) is 0.462. The number of nitrogen functional groups attached to an aromatic ring is 1. The van der Waals surface area contributed by atoms with E-state index in [9.17, 15) is 9.59 Å². The summed E-state index contributed by atoms with van der Waals surface area (Å²) in [6.07, 6.45) is 1.54. The summed E-state index contributed by atoms with van der Waals surface area (Å²) in [7, 11) is 0. The molecule has 110 valence electrons. The fourth-order valence-corrected chi connectivity index (χ4v) is 1.61.